The summed E-state index contributed by atoms with van der Waals surface area (Å²) >= 11 is 0. The fourth-order valence-corrected chi connectivity index (χ4v) is 7.19. The summed E-state index contributed by atoms with van der Waals surface area (Å²) in [5.41, 5.74) is 0. The molecule has 0 aliphatic carbocycles. The van der Waals surface area contributed by atoms with Crippen LogP contribution in [0.1, 0.15) is 239 Å². The Balaban J connectivity index is 4.52. The molecule has 6 nitrogen and oxygen atoms in total. The molecule has 0 rings (SSSR count). The maximum absolute atomic E-state index is 12.8. The van der Waals surface area contributed by atoms with Gasteiger partial charge in [-0.3, -0.25) is 14.4 Å². The van der Waals surface area contributed by atoms with Crippen LogP contribution in [-0.2, 0) is 28.6 Å². The zero-order chi connectivity index (χ0) is 48.6. The van der Waals surface area contributed by atoms with E-state index < -0.39 is 6.10 Å². The summed E-state index contributed by atoms with van der Waals surface area (Å²) in [7, 11) is 0. The molecule has 6 heteroatoms. The second kappa shape index (κ2) is 54.7. The number of rotatable bonds is 48. The molecule has 0 fully saturated rings. The predicted molar refractivity (Wildman–Crippen MR) is 288 cm³/mol. The van der Waals surface area contributed by atoms with Crippen LogP contribution in [-0.4, -0.2) is 37.2 Å². The van der Waals surface area contributed by atoms with Gasteiger partial charge in [0.15, 0.2) is 6.10 Å². The van der Waals surface area contributed by atoms with Crippen molar-refractivity contribution in [3.05, 3.63) is 109 Å². The van der Waals surface area contributed by atoms with Gasteiger partial charge in [-0.2, -0.15) is 0 Å². The van der Waals surface area contributed by atoms with Crippen LogP contribution in [0.3, 0.4) is 0 Å². The minimum atomic E-state index is -0.813. The summed E-state index contributed by atoms with van der Waals surface area (Å²) < 4.78 is 16.8. The first-order valence-corrected chi connectivity index (χ1v) is 27.4. The van der Waals surface area contributed by atoms with Crippen LogP contribution >= 0.6 is 0 Å². The Morgan fingerprint density at radius 1 is 0.313 bits per heavy atom. The molecule has 0 saturated carbocycles. The Hall–Kier alpha value is -3.93. The smallest absolute Gasteiger partial charge is 0.306 e. The fourth-order valence-electron chi connectivity index (χ4n) is 7.19. The predicted octanol–water partition coefficient (Wildman–Crippen LogP) is 18.3. The summed E-state index contributed by atoms with van der Waals surface area (Å²) in [6, 6.07) is 0. The van der Waals surface area contributed by atoms with Crippen molar-refractivity contribution in [3.63, 3.8) is 0 Å². The molecule has 0 aromatic rings. The number of carbonyl (C=O) groups is 3. The molecule has 1 atom stereocenters. The van der Waals surface area contributed by atoms with Gasteiger partial charge in [0.25, 0.3) is 0 Å². The van der Waals surface area contributed by atoms with Crippen molar-refractivity contribution in [3.8, 4) is 0 Å². The van der Waals surface area contributed by atoms with Gasteiger partial charge in [0.05, 0.1) is 0 Å². The molecule has 0 spiro atoms. The third-order valence-corrected chi connectivity index (χ3v) is 11.2. The van der Waals surface area contributed by atoms with Gasteiger partial charge in [-0.25, -0.2) is 0 Å². The van der Waals surface area contributed by atoms with Crippen molar-refractivity contribution in [1.29, 1.82) is 0 Å². The average molecular weight is 929 g/mol. The molecule has 0 aliphatic rings. The van der Waals surface area contributed by atoms with E-state index in [1.54, 1.807) is 0 Å². The lowest BCUT2D eigenvalue weighted by Gasteiger charge is -2.18. The molecule has 0 aromatic carbocycles. The maximum atomic E-state index is 12.8. The van der Waals surface area contributed by atoms with Gasteiger partial charge in [0.1, 0.15) is 13.2 Å². The van der Waals surface area contributed by atoms with E-state index in [-0.39, 0.29) is 37.5 Å². The molecular weight excluding hydrogens is 829 g/mol. The van der Waals surface area contributed by atoms with Crippen LogP contribution in [0, 0.1) is 0 Å². The van der Waals surface area contributed by atoms with Crippen molar-refractivity contribution in [2.75, 3.05) is 13.2 Å². The molecule has 0 radical (unpaired) electrons. The van der Waals surface area contributed by atoms with E-state index in [0.29, 0.717) is 19.3 Å². The highest BCUT2D eigenvalue weighted by Gasteiger charge is 2.19. The Bertz CT molecular complexity index is 1390. The maximum Gasteiger partial charge on any atom is 0.306 e. The van der Waals surface area contributed by atoms with Gasteiger partial charge in [-0.1, -0.05) is 214 Å². The highest BCUT2D eigenvalue weighted by atomic mass is 16.6. The number of unbranched alkanes of at least 4 members (excludes halogenated alkanes) is 19. The van der Waals surface area contributed by atoms with Crippen LogP contribution in [0.4, 0.5) is 0 Å². The molecule has 380 valence electrons. The number of hydrogen-bond acceptors (Lipinski definition) is 6. The molecule has 1 unspecified atom stereocenters. The third kappa shape index (κ3) is 52.9. The van der Waals surface area contributed by atoms with Crippen LogP contribution in [0.5, 0.6) is 0 Å². The lowest BCUT2D eigenvalue weighted by Crippen LogP contribution is -2.30. The monoisotopic (exact) mass is 929 g/mol. The van der Waals surface area contributed by atoms with Crippen LogP contribution in [0.15, 0.2) is 109 Å². The van der Waals surface area contributed by atoms with Gasteiger partial charge in [-0.05, 0) is 116 Å². The SMILES string of the molecule is CC/C=C\C/C=C\C/C=C\C/C=C\C/C=C\CCCC(=O)OCC(COC(=O)CCCCCCC/C=C\CCCCCCCCC)OC(=O)CCCCCCCC/C=C\C/C=C\C/C=C\CC. The van der Waals surface area contributed by atoms with E-state index in [2.05, 4.69) is 130 Å². The summed E-state index contributed by atoms with van der Waals surface area (Å²) in [6.45, 7) is 6.34. The number of ether oxygens (including phenoxy) is 3. The van der Waals surface area contributed by atoms with E-state index in [9.17, 15) is 14.4 Å². The highest BCUT2D eigenvalue weighted by Crippen LogP contribution is 2.13. The molecule has 0 N–H and O–H groups in total. The van der Waals surface area contributed by atoms with E-state index >= 15 is 0 Å². The zero-order valence-corrected chi connectivity index (χ0v) is 43.4. The first kappa shape index (κ1) is 63.1. The Morgan fingerprint density at radius 2 is 0.597 bits per heavy atom. The second-order valence-electron chi connectivity index (χ2n) is 17.7. The van der Waals surface area contributed by atoms with Gasteiger partial charge in [0.2, 0.25) is 0 Å². The van der Waals surface area contributed by atoms with Crippen molar-refractivity contribution in [2.45, 2.75) is 245 Å². The molecule has 67 heavy (non-hydrogen) atoms. The van der Waals surface area contributed by atoms with Crippen molar-refractivity contribution in [2.24, 2.45) is 0 Å². The first-order valence-electron chi connectivity index (χ1n) is 27.4. The minimum absolute atomic E-state index is 0.107. The molecule has 0 aliphatic heterocycles. The first-order chi connectivity index (χ1) is 33.0. The number of hydrogen-bond donors (Lipinski definition) is 0. The highest BCUT2D eigenvalue weighted by molar-refractivity contribution is 5.71. The van der Waals surface area contributed by atoms with E-state index in [4.69, 9.17) is 14.2 Å². The summed E-state index contributed by atoms with van der Waals surface area (Å²) in [4.78, 5) is 38.1. The lowest BCUT2D eigenvalue weighted by molar-refractivity contribution is -0.167. The minimum Gasteiger partial charge on any atom is -0.462 e. The van der Waals surface area contributed by atoms with E-state index in [1.807, 2.05) is 0 Å². The Kier molecular flexibility index (Phi) is 51.5. The molecule has 0 saturated heterocycles. The van der Waals surface area contributed by atoms with Gasteiger partial charge in [-0.15, -0.1) is 0 Å². The zero-order valence-electron chi connectivity index (χ0n) is 43.4. The quantitative estimate of drug-likeness (QED) is 0.0262. The Morgan fingerprint density at radius 3 is 0.985 bits per heavy atom. The second-order valence-corrected chi connectivity index (χ2v) is 17.7. The summed E-state index contributed by atoms with van der Waals surface area (Å²) in [5.74, 6) is -0.990. The molecule has 0 bridgehead atoms. The van der Waals surface area contributed by atoms with Crippen LogP contribution < -0.4 is 0 Å². The third-order valence-electron chi connectivity index (χ3n) is 11.2. The molecule has 0 heterocycles. The summed E-state index contributed by atoms with van der Waals surface area (Å²) in [6.07, 6.45) is 73.6. The van der Waals surface area contributed by atoms with Gasteiger partial charge >= 0.3 is 17.9 Å². The van der Waals surface area contributed by atoms with Gasteiger partial charge in [0, 0.05) is 19.3 Å². The number of esters is 3. The molecule has 0 amide bonds. The fraction of sp³-hybridized carbons (Fsp3) is 0.656. The topological polar surface area (TPSA) is 78.9 Å². The largest absolute Gasteiger partial charge is 0.462 e. The number of allylic oxidation sites excluding steroid dienone is 18. The van der Waals surface area contributed by atoms with Crippen molar-refractivity contribution in [1.82, 2.24) is 0 Å². The number of carbonyl (C=O) groups excluding carboxylic acids is 3. The standard InChI is InChI=1S/C61H100O6/c1-4-7-10-13-16-19-22-25-28-31-34-36-39-42-45-48-51-54-60(63)66-57-58(67-61(64)55-52-49-46-43-40-37-33-30-27-24-21-18-15-12-9-6-3)56-65-59(62)53-50-47-44-41-38-35-32-29-26-23-20-17-14-11-8-5-2/h7,9-10,12,16,18-19,21,25,27-30,32,34,36,42,45,58H,4-6,8,11,13-15,17,20,22-24,26,31,33,35,37-41,43-44,46-57H2,1-3H3/b10-7-,12-9-,19-16-,21-18-,28-25-,30-27-,32-29-,36-34-,45-42-. The van der Waals surface area contributed by atoms with Gasteiger partial charge < -0.3 is 14.2 Å². The average Bonchev–Trinajstić information content (AvgIpc) is 3.33. The van der Waals surface area contributed by atoms with Crippen LogP contribution in [0.25, 0.3) is 0 Å². The molecule has 0 aromatic heterocycles. The van der Waals surface area contributed by atoms with Crippen LogP contribution in [0.2, 0.25) is 0 Å². The van der Waals surface area contributed by atoms with E-state index in [1.165, 1.54) is 70.6 Å². The summed E-state index contributed by atoms with van der Waals surface area (Å²) in [5, 5.41) is 0. The van der Waals surface area contributed by atoms with E-state index in [0.717, 1.165) is 122 Å². The normalized spacial score (nSPS) is 12.9. The van der Waals surface area contributed by atoms with Crippen molar-refractivity contribution < 1.29 is 28.6 Å². The molecular formula is C61H100O6. The lowest BCUT2D eigenvalue weighted by atomic mass is 10.1. The van der Waals surface area contributed by atoms with Crippen molar-refractivity contribution >= 4 is 17.9 Å². The Labute approximate surface area is 412 Å².